The summed E-state index contributed by atoms with van der Waals surface area (Å²) >= 11 is 0. The smallest absolute Gasteiger partial charge is 0.366 e. The van der Waals surface area contributed by atoms with Gasteiger partial charge >= 0.3 is 11.9 Å². The molecule has 0 aromatic rings. The van der Waals surface area contributed by atoms with E-state index in [1.165, 1.54) is 0 Å². The van der Waals surface area contributed by atoms with Crippen molar-refractivity contribution in [3.8, 4) is 0 Å². The van der Waals surface area contributed by atoms with Crippen molar-refractivity contribution in [2.24, 2.45) is 0 Å². The van der Waals surface area contributed by atoms with Crippen molar-refractivity contribution < 1.29 is 29.4 Å². The van der Waals surface area contributed by atoms with Gasteiger partial charge in [-0.05, 0) is 20.8 Å². The second-order valence-electron chi connectivity index (χ2n) is 3.89. The molecule has 0 bridgehead atoms. The van der Waals surface area contributed by atoms with Gasteiger partial charge in [0.1, 0.15) is 6.54 Å². The molecule has 16 heavy (non-hydrogen) atoms. The first kappa shape index (κ1) is 14.2. The lowest BCUT2D eigenvalue weighted by Gasteiger charge is -2.28. The Morgan fingerprint density at radius 3 is 2.06 bits per heavy atom. The van der Waals surface area contributed by atoms with E-state index in [0.29, 0.717) is 5.06 Å². The van der Waals surface area contributed by atoms with Crippen molar-refractivity contribution in [1.82, 2.24) is 5.06 Å². The monoisotopic (exact) mass is 231 g/mol. The summed E-state index contributed by atoms with van der Waals surface area (Å²) in [6.07, 6.45) is 0. The largest absolute Gasteiger partial charge is 0.480 e. The molecule has 0 heterocycles. The standard InChI is InChI=1S/C9H13NO6/c1-9(2,3)16-10(4-7(12)13)6(5-11)8(14)15/h4H2,1-3H3,(H,12,13)(H,14,15). The summed E-state index contributed by atoms with van der Waals surface area (Å²) in [6.45, 7) is 4.01. The number of hydroxylamine groups is 2. The lowest BCUT2D eigenvalue weighted by atomic mass is 10.2. The predicted molar refractivity (Wildman–Crippen MR) is 52.0 cm³/mol. The quantitative estimate of drug-likeness (QED) is 0.387. The highest BCUT2D eigenvalue weighted by atomic mass is 16.7. The fourth-order valence-corrected chi connectivity index (χ4v) is 0.812. The van der Waals surface area contributed by atoms with Crippen molar-refractivity contribution in [3.05, 3.63) is 5.70 Å². The summed E-state index contributed by atoms with van der Waals surface area (Å²) in [5, 5.41) is 17.7. The Labute approximate surface area is 91.9 Å². The summed E-state index contributed by atoms with van der Waals surface area (Å²) in [7, 11) is 0. The molecule has 0 saturated carbocycles. The van der Waals surface area contributed by atoms with Gasteiger partial charge < -0.3 is 10.2 Å². The third-order valence-corrected chi connectivity index (χ3v) is 1.21. The van der Waals surface area contributed by atoms with Gasteiger partial charge in [-0.3, -0.25) is 9.63 Å². The van der Waals surface area contributed by atoms with Gasteiger partial charge in [0.05, 0.1) is 5.60 Å². The summed E-state index contributed by atoms with van der Waals surface area (Å²) < 4.78 is 0. The molecule has 0 spiro atoms. The average molecular weight is 231 g/mol. The molecule has 0 atom stereocenters. The van der Waals surface area contributed by atoms with Crippen LogP contribution in [-0.2, 0) is 19.2 Å². The van der Waals surface area contributed by atoms with E-state index in [9.17, 15) is 14.4 Å². The number of hydrogen-bond donors (Lipinski definition) is 2. The van der Waals surface area contributed by atoms with Crippen molar-refractivity contribution in [2.75, 3.05) is 6.54 Å². The predicted octanol–water partition coefficient (Wildman–Crippen LogP) is -0.0968. The number of nitrogens with zero attached hydrogens (tertiary/aromatic N) is 1. The molecule has 7 nitrogen and oxygen atoms in total. The second-order valence-corrected chi connectivity index (χ2v) is 3.89. The Kier molecular flexibility index (Phi) is 4.68. The highest BCUT2D eigenvalue weighted by molar-refractivity contribution is 5.94. The number of carboxylic acids is 2. The van der Waals surface area contributed by atoms with Crippen LogP contribution in [0.1, 0.15) is 20.8 Å². The molecule has 0 aliphatic rings. The Morgan fingerprint density at radius 1 is 1.31 bits per heavy atom. The van der Waals surface area contributed by atoms with Crippen molar-refractivity contribution >= 4 is 17.9 Å². The number of carbonyl (C=O) groups is 2. The van der Waals surface area contributed by atoms with Crippen LogP contribution < -0.4 is 0 Å². The number of carboxylic acid groups (broad SMARTS) is 2. The minimum atomic E-state index is -1.60. The van der Waals surface area contributed by atoms with Crippen LogP contribution in [-0.4, -0.2) is 45.3 Å². The van der Waals surface area contributed by atoms with Gasteiger partial charge in [-0.2, -0.15) is 0 Å². The van der Waals surface area contributed by atoms with Gasteiger partial charge in [-0.25, -0.2) is 14.7 Å². The SMILES string of the molecule is CC(C)(C)ON(CC(=O)O)C(=C=O)C(=O)O. The highest BCUT2D eigenvalue weighted by Crippen LogP contribution is 2.13. The molecule has 0 aliphatic heterocycles. The fourth-order valence-electron chi connectivity index (χ4n) is 0.812. The molecule has 0 rings (SSSR count). The van der Waals surface area contributed by atoms with E-state index in [1.54, 1.807) is 20.8 Å². The molecule has 2 N–H and O–H groups in total. The van der Waals surface area contributed by atoms with Crippen LogP contribution in [0.15, 0.2) is 5.70 Å². The van der Waals surface area contributed by atoms with Crippen LogP contribution in [0, 0.1) is 0 Å². The van der Waals surface area contributed by atoms with Crippen LogP contribution in [0.4, 0.5) is 0 Å². The first-order valence-corrected chi connectivity index (χ1v) is 4.34. The first-order valence-electron chi connectivity index (χ1n) is 4.34. The van der Waals surface area contributed by atoms with Gasteiger partial charge in [-0.1, -0.05) is 0 Å². The molecular weight excluding hydrogens is 218 g/mol. The second kappa shape index (κ2) is 5.29. The molecule has 0 aromatic carbocycles. The van der Waals surface area contributed by atoms with Crippen LogP contribution in [0.2, 0.25) is 0 Å². The van der Waals surface area contributed by atoms with Gasteiger partial charge in [0, 0.05) is 0 Å². The van der Waals surface area contributed by atoms with E-state index in [2.05, 4.69) is 0 Å². The van der Waals surface area contributed by atoms with E-state index >= 15 is 0 Å². The van der Waals surface area contributed by atoms with E-state index in [4.69, 9.17) is 15.1 Å². The van der Waals surface area contributed by atoms with Crippen molar-refractivity contribution in [1.29, 1.82) is 0 Å². The maximum atomic E-state index is 10.6. The van der Waals surface area contributed by atoms with Gasteiger partial charge in [0.15, 0.2) is 5.94 Å². The molecule has 0 amide bonds. The van der Waals surface area contributed by atoms with E-state index in [-0.39, 0.29) is 0 Å². The van der Waals surface area contributed by atoms with Crippen LogP contribution in [0.25, 0.3) is 0 Å². The van der Waals surface area contributed by atoms with Crippen LogP contribution >= 0.6 is 0 Å². The summed E-state index contributed by atoms with van der Waals surface area (Å²) in [5.74, 6) is -1.78. The van der Waals surface area contributed by atoms with Gasteiger partial charge in [-0.15, -0.1) is 0 Å². The average Bonchev–Trinajstić information content (AvgIpc) is 1.99. The molecule has 0 aromatic heterocycles. The van der Waals surface area contributed by atoms with Crippen molar-refractivity contribution in [2.45, 2.75) is 26.4 Å². The van der Waals surface area contributed by atoms with Crippen molar-refractivity contribution in [3.63, 3.8) is 0 Å². The maximum absolute atomic E-state index is 10.6. The summed E-state index contributed by atoms with van der Waals surface area (Å²) in [6, 6.07) is 0. The van der Waals surface area contributed by atoms with E-state index < -0.39 is 29.8 Å². The number of hydrogen-bond acceptors (Lipinski definition) is 5. The van der Waals surface area contributed by atoms with E-state index in [1.807, 2.05) is 0 Å². The lowest BCUT2D eigenvalue weighted by molar-refractivity contribution is -0.212. The lowest BCUT2D eigenvalue weighted by Crippen LogP contribution is -2.39. The molecule has 90 valence electrons. The number of rotatable bonds is 5. The topological polar surface area (TPSA) is 104 Å². The molecular formula is C9H13NO6. The summed E-state index contributed by atoms with van der Waals surface area (Å²) in [4.78, 5) is 36.5. The van der Waals surface area contributed by atoms with E-state index in [0.717, 1.165) is 5.94 Å². The van der Waals surface area contributed by atoms with Gasteiger partial charge in [0.2, 0.25) is 5.70 Å². The Hall–Kier alpha value is -1.85. The Bertz CT molecular complexity index is 336. The number of aliphatic carboxylic acids is 2. The molecule has 0 radical (unpaired) electrons. The zero-order chi connectivity index (χ0) is 12.9. The normalized spacial score (nSPS) is 10.4. The van der Waals surface area contributed by atoms with Crippen LogP contribution in [0.3, 0.4) is 0 Å². The number of carbonyl (C=O) groups excluding carboxylic acids is 1. The Balaban J connectivity index is 5.00. The highest BCUT2D eigenvalue weighted by Gasteiger charge is 2.26. The molecule has 0 unspecified atom stereocenters. The molecule has 0 aliphatic carbocycles. The Morgan fingerprint density at radius 2 is 1.81 bits per heavy atom. The fraction of sp³-hybridized carbons (Fsp3) is 0.556. The molecule has 0 fully saturated rings. The maximum Gasteiger partial charge on any atom is 0.366 e. The molecule has 7 heteroatoms. The minimum Gasteiger partial charge on any atom is -0.480 e. The summed E-state index contributed by atoms with van der Waals surface area (Å²) in [5.41, 5.74) is -1.70. The van der Waals surface area contributed by atoms with Crippen LogP contribution in [0.5, 0.6) is 0 Å². The van der Waals surface area contributed by atoms with Gasteiger partial charge in [0.25, 0.3) is 0 Å². The zero-order valence-corrected chi connectivity index (χ0v) is 9.18. The first-order chi connectivity index (χ1) is 7.17. The third-order valence-electron chi connectivity index (χ3n) is 1.21. The third kappa shape index (κ3) is 5.14. The minimum absolute atomic E-state index is 0.498. The molecule has 0 saturated heterocycles. The zero-order valence-electron chi connectivity index (χ0n) is 9.18.